The van der Waals surface area contributed by atoms with Gasteiger partial charge in [0.05, 0.1) is 12.5 Å². The SMILES string of the molecule is CCCCOc1ccccc1CCl. The molecule has 2 heteroatoms. The molecule has 1 rings (SSSR count). The van der Waals surface area contributed by atoms with Crippen LogP contribution in [0.4, 0.5) is 0 Å². The van der Waals surface area contributed by atoms with E-state index in [-0.39, 0.29) is 0 Å². The molecule has 0 heterocycles. The summed E-state index contributed by atoms with van der Waals surface area (Å²) < 4.78 is 5.58. The summed E-state index contributed by atoms with van der Waals surface area (Å²) in [6.45, 7) is 2.93. The molecule has 0 aliphatic heterocycles. The average Bonchev–Trinajstić information content (AvgIpc) is 2.19. The highest BCUT2D eigenvalue weighted by Crippen LogP contribution is 2.19. The van der Waals surface area contributed by atoms with Crippen LogP contribution < -0.4 is 4.74 Å². The number of benzene rings is 1. The fraction of sp³-hybridized carbons (Fsp3) is 0.455. The van der Waals surface area contributed by atoms with Gasteiger partial charge in [-0.25, -0.2) is 0 Å². The highest BCUT2D eigenvalue weighted by Gasteiger charge is 1.99. The molecule has 0 amide bonds. The van der Waals surface area contributed by atoms with Gasteiger partial charge in [-0.15, -0.1) is 11.6 Å². The molecule has 0 unspecified atom stereocenters. The number of ether oxygens (including phenoxy) is 1. The van der Waals surface area contributed by atoms with Gasteiger partial charge < -0.3 is 4.74 Å². The summed E-state index contributed by atoms with van der Waals surface area (Å²) >= 11 is 5.76. The van der Waals surface area contributed by atoms with Crippen LogP contribution in [0.1, 0.15) is 25.3 Å². The highest BCUT2D eigenvalue weighted by molar-refractivity contribution is 6.17. The van der Waals surface area contributed by atoms with Gasteiger partial charge in [0.25, 0.3) is 0 Å². The molecule has 0 radical (unpaired) electrons. The monoisotopic (exact) mass is 198 g/mol. The van der Waals surface area contributed by atoms with Crippen LogP contribution in [0.15, 0.2) is 24.3 Å². The largest absolute Gasteiger partial charge is 0.493 e. The second-order valence-electron chi connectivity index (χ2n) is 2.94. The topological polar surface area (TPSA) is 9.23 Å². The first-order valence-corrected chi connectivity index (χ1v) is 5.18. The van der Waals surface area contributed by atoms with Crippen LogP contribution in [-0.2, 0) is 5.88 Å². The molecule has 13 heavy (non-hydrogen) atoms. The van der Waals surface area contributed by atoms with E-state index in [0.717, 1.165) is 30.8 Å². The van der Waals surface area contributed by atoms with E-state index in [1.165, 1.54) is 0 Å². The van der Waals surface area contributed by atoms with Crippen molar-refractivity contribution in [1.82, 2.24) is 0 Å². The van der Waals surface area contributed by atoms with Gasteiger partial charge in [-0.2, -0.15) is 0 Å². The molecule has 0 aromatic heterocycles. The third-order valence-corrected chi connectivity index (χ3v) is 2.16. The molecular weight excluding hydrogens is 184 g/mol. The van der Waals surface area contributed by atoms with Crippen LogP contribution in [0.3, 0.4) is 0 Å². The zero-order chi connectivity index (χ0) is 9.52. The van der Waals surface area contributed by atoms with Crippen LogP contribution in [0.5, 0.6) is 5.75 Å². The fourth-order valence-corrected chi connectivity index (χ4v) is 1.30. The molecule has 1 nitrogen and oxygen atoms in total. The molecule has 0 N–H and O–H groups in total. The number of hydrogen-bond donors (Lipinski definition) is 0. The van der Waals surface area contributed by atoms with Crippen molar-refractivity contribution in [2.45, 2.75) is 25.6 Å². The number of rotatable bonds is 5. The summed E-state index contributed by atoms with van der Waals surface area (Å²) in [5.74, 6) is 1.44. The number of alkyl halides is 1. The Morgan fingerprint density at radius 3 is 2.77 bits per heavy atom. The number of hydrogen-bond acceptors (Lipinski definition) is 1. The van der Waals surface area contributed by atoms with Gasteiger partial charge in [-0.3, -0.25) is 0 Å². The Balaban J connectivity index is 2.54. The van der Waals surface area contributed by atoms with Crippen molar-refractivity contribution in [3.8, 4) is 5.75 Å². The normalized spacial score (nSPS) is 10.0. The van der Waals surface area contributed by atoms with Crippen molar-refractivity contribution in [3.05, 3.63) is 29.8 Å². The maximum Gasteiger partial charge on any atom is 0.123 e. The minimum Gasteiger partial charge on any atom is -0.493 e. The molecule has 0 atom stereocenters. The molecule has 0 aliphatic rings. The van der Waals surface area contributed by atoms with E-state index in [4.69, 9.17) is 16.3 Å². The molecule has 0 spiro atoms. The van der Waals surface area contributed by atoms with Crippen molar-refractivity contribution in [2.24, 2.45) is 0 Å². The Morgan fingerprint density at radius 2 is 2.08 bits per heavy atom. The maximum atomic E-state index is 5.76. The minimum atomic E-state index is 0.516. The summed E-state index contributed by atoms with van der Waals surface area (Å²) in [6, 6.07) is 7.91. The van der Waals surface area contributed by atoms with E-state index in [0.29, 0.717) is 5.88 Å². The van der Waals surface area contributed by atoms with Crippen molar-refractivity contribution >= 4 is 11.6 Å². The van der Waals surface area contributed by atoms with E-state index in [9.17, 15) is 0 Å². The molecule has 0 aliphatic carbocycles. The summed E-state index contributed by atoms with van der Waals surface area (Å²) in [5.41, 5.74) is 1.07. The third kappa shape index (κ3) is 3.27. The van der Waals surface area contributed by atoms with Gasteiger partial charge in [-0.05, 0) is 12.5 Å². The van der Waals surface area contributed by atoms with Crippen molar-refractivity contribution in [2.75, 3.05) is 6.61 Å². The van der Waals surface area contributed by atoms with Gasteiger partial charge in [0.1, 0.15) is 5.75 Å². The summed E-state index contributed by atoms with van der Waals surface area (Å²) in [4.78, 5) is 0. The lowest BCUT2D eigenvalue weighted by molar-refractivity contribution is 0.307. The van der Waals surface area contributed by atoms with Crippen molar-refractivity contribution in [1.29, 1.82) is 0 Å². The molecule has 0 saturated carbocycles. The standard InChI is InChI=1S/C11H15ClO/c1-2-3-8-13-11-7-5-4-6-10(11)9-12/h4-7H,2-3,8-9H2,1H3. The Bertz CT molecular complexity index is 248. The van der Waals surface area contributed by atoms with E-state index in [1.807, 2.05) is 24.3 Å². The molecule has 1 aromatic carbocycles. The molecular formula is C11H15ClO. The van der Waals surface area contributed by atoms with Gasteiger partial charge in [-0.1, -0.05) is 31.5 Å². The first-order valence-electron chi connectivity index (χ1n) is 4.65. The predicted molar refractivity (Wildman–Crippen MR) is 56.4 cm³/mol. The average molecular weight is 199 g/mol. The zero-order valence-corrected chi connectivity index (χ0v) is 8.68. The lowest BCUT2D eigenvalue weighted by Crippen LogP contribution is -1.98. The van der Waals surface area contributed by atoms with E-state index in [2.05, 4.69) is 6.92 Å². The second kappa shape index (κ2) is 5.87. The van der Waals surface area contributed by atoms with Crippen LogP contribution in [0.2, 0.25) is 0 Å². The molecule has 0 bridgehead atoms. The van der Waals surface area contributed by atoms with Crippen LogP contribution in [-0.4, -0.2) is 6.61 Å². The first-order chi connectivity index (χ1) is 6.38. The van der Waals surface area contributed by atoms with Gasteiger partial charge in [0.15, 0.2) is 0 Å². The van der Waals surface area contributed by atoms with Gasteiger partial charge >= 0.3 is 0 Å². The second-order valence-corrected chi connectivity index (χ2v) is 3.21. The maximum absolute atomic E-state index is 5.76. The van der Waals surface area contributed by atoms with Crippen LogP contribution in [0.25, 0.3) is 0 Å². The molecule has 1 aromatic rings. The van der Waals surface area contributed by atoms with Crippen LogP contribution >= 0.6 is 11.6 Å². The summed E-state index contributed by atoms with van der Waals surface area (Å²) in [7, 11) is 0. The number of halogens is 1. The van der Waals surface area contributed by atoms with Crippen molar-refractivity contribution < 1.29 is 4.74 Å². The molecule has 0 saturated heterocycles. The van der Waals surface area contributed by atoms with Crippen LogP contribution in [0, 0.1) is 0 Å². The predicted octanol–water partition coefficient (Wildman–Crippen LogP) is 3.60. The Morgan fingerprint density at radius 1 is 1.31 bits per heavy atom. The van der Waals surface area contributed by atoms with E-state index < -0.39 is 0 Å². The Kier molecular flexibility index (Phi) is 4.69. The Labute approximate surface area is 84.7 Å². The smallest absolute Gasteiger partial charge is 0.123 e. The Hall–Kier alpha value is -0.690. The minimum absolute atomic E-state index is 0.516. The van der Waals surface area contributed by atoms with E-state index >= 15 is 0 Å². The first kappa shape index (κ1) is 10.4. The molecule has 0 fully saturated rings. The van der Waals surface area contributed by atoms with Crippen molar-refractivity contribution in [3.63, 3.8) is 0 Å². The number of unbranched alkanes of at least 4 members (excludes halogenated alkanes) is 1. The lowest BCUT2D eigenvalue weighted by Gasteiger charge is -2.08. The zero-order valence-electron chi connectivity index (χ0n) is 7.92. The van der Waals surface area contributed by atoms with Gasteiger partial charge in [0.2, 0.25) is 0 Å². The highest BCUT2D eigenvalue weighted by atomic mass is 35.5. The lowest BCUT2D eigenvalue weighted by atomic mass is 10.2. The third-order valence-electron chi connectivity index (χ3n) is 1.87. The summed E-state index contributed by atoms with van der Waals surface area (Å²) in [6.07, 6.45) is 2.25. The fourth-order valence-electron chi connectivity index (χ4n) is 1.08. The molecule has 72 valence electrons. The number of para-hydroxylation sites is 1. The van der Waals surface area contributed by atoms with E-state index in [1.54, 1.807) is 0 Å². The quantitative estimate of drug-likeness (QED) is 0.519. The summed E-state index contributed by atoms with van der Waals surface area (Å²) in [5, 5.41) is 0. The van der Waals surface area contributed by atoms with Gasteiger partial charge in [0, 0.05) is 5.56 Å².